The zero-order valence-electron chi connectivity index (χ0n) is 12.8. The van der Waals surface area contributed by atoms with Crippen LogP contribution in [0.25, 0.3) is 0 Å². The summed E-state index contributed by atoms with van der Waals surface area (Å²) < 4.78 is 2.16. The molecule has 0 spiro atoms. The van der Waals surface area contributed by atoms with Gasteiger partial charge in [-0.05, 0) is 49.8 Å². The Morgan fingerprint density at radius 1 is 1.19 bits per heavy atom. The minimum Gasteiger partial charge on any atom is -0.312 e. The van der Waals surface area contributed by atoms with Gasteiger partial charge in [-0.25, -0.2) is 0 Å². The summed E-state index contributed by atoms with van der Waals surface area (Å²) >= 11 is 0. The van der Waals surface area contributed by atoms with E-state index in [9.17, 15) is 0 Å². The first-order valence-corrected chi connectivity index (χ1v) is 8.16. The monoisotopic (exact) mass is 283 g/mol. The minimum absolute atomic E-state index is 0.463. The molecule has 1 aliphatic rings. The maximum atomic E-state index is 4.50. The van der Waals surface area contributed by atoms with Crippen LogP contribution in [0.1, 0.15) is 50.1 Å². The molecule has 0 saturated heterocycles. The first kappa shape index (κ1) is 14.3. The number of hydrogen-bond donors (Lipinski definition) is 1. The first-order chi connectivity index (χ1) is 10.4. The highest BCUT2D eigenvalue weighted by molar-refractivity contribution is 5.20. The summed E-state index contributed by atoms with van der Waals surface area (Å²) in [5.41, 5.74) is 1.48. The molecule has 1 aromatic carbocycles. The first-order valence-electron chi connectivity index (χ1n) is 8.16. The molecule has 112 valence electrons. The number of benzene rings is 1. The fourth-order valence-electron chi connectivity index (χ4n) is 3.51. The third-order valence-electron chi connectivity index (χ3n) is 4.61. The summed E-state index contributed by atoms with van der Waals surface area (Å²) in [4.78, 5) is 0. The summed E-state index contributed by atoms with van der Waals surface area (Å²) in [6.45, 7) is 3.32. The van der Waals surface area contributed by atoms with Crippen LogP contribution in [-0.2, 0) is 0 Å². The molecule has 0 amide bonds. The molecule has 0 radical (unpaired) electrons. The van der Waals surface area contributed by atoms with Gasteiger partial charge in [0, 0.05) is 18.4 Å². The fourth-order valence-corrected chi connectivity index (χ4v) is 3.51. The highest BCUT2D eigenvalue weighted by atomic mass is 15.3. The maximum absolute atomic E-state index is 4.50. The molecule has 1 saturated carbocycles. The molecule has 0 aliphatic heterocycles. The van der Waals surface area contributed by atoms with Crippen molar-refractivity contribution in [3.8, 4) is 0 Å². The summed E-state index contributed by atoms with van der Waals surface area (Å²) in [6, 6.07) is 14.0. The van der Waals surface area contributed by atoms with Crippen molar-refractivity contribution in [1.29, 1.82) is 0 Å². The van der Waals surface area contributed by atoms with E-state index in [1.54, 1.807) is 0 Å². The molecular formula is C18H25N3. The molecule has 0 bridgehead atoms. The zero-order chi connectivity index (χ0) is 14.5. The molecule has 3 heteroatoms. The lowest BCUT2D eigenvalue weighted by Gasteiger charge is -2.37. The lowest BCUT2D eigenvalue weighted by Crippen LogP contribution is -2.42. The van der Waals surface area contributed by atoms with Gasteiger partial charge in [0.1, 0.15) is 0 Å². The number of rotatable bonds is 5. The predicted octanol–water partition coefficient (Wildman–Crippen LogP) is 3.76. The van der Waals surface area contributed by atoms with Gasteiger partial charge in [0.05, 0.1) is 6.04 Å². The van der Waals surface area contributed by atoms with Gasteiger partial charge in [-0.15, -0.1) is 0 Å². The Morgan fingerprint density at radius 3 is 2.76 bits per heavy atom. The minimum atomic E-state index is 0.463. The number of nitrogens with zero attached hydrogens (tertiary/aromatic N) is 2. The third kappa shape index (κ3) is 3.35. The van der Waals surface area contributed by atoms with Gasteiger partial charge in [0.25, 0.3) is 0 Å². The van der Waals surface area contributed by atoms with Crippen molar-refractivity contribution in [3.63, 3.8) is 0 Å². The van der Waals surface area contributed by atoms with Crippen LogP contribution in [0, 0.1) is 0 Å². The van der Waals surface area contributed by atoms with Crippen molar-refractivity contribution >= 4 is 0 Å². The average molecular weight is 283 g/mol. The van der Waals surface area contributed by atoms with Crippen molar-refractivity contribution in [2.24, 2.45) is 0 Å². The van der Waals surface area contributed by atoms with Gasteiger partial charge in [-0.3, -0.25) is 4.68 Å². The van der Waals surface area contributed by atoms with Crippen LogP contribution in [0.5, 0.6) is 0 Å². The van der Waals surface area contributed by atoms with E-state index in [-0.39, 0.29) is 0 Å². The second kappa shape index (κ2) is 6.90. The molecule has 3 rings (SSSR count). The predicted molar refractivity (Wildman–Crippen MR) is 86.4 cm³/mol. The van der Waals surface area contributed by atoms with E-state index in [2.05, 4.69) is 58.5 Å². The summed E-state index contributed by atoms with van der Waals surface area (Å²) in [7, 11) is 0. The average Bonchev–Trinajstić information content (AvgIpc) is 3.08. The molecule has 1 fully saturated rings. The van der Waals surface area contributed by atoms with Crippen LogP contribution < -0.4 is 5.32 Å². The molecule has 21 heavy (non-hydrogen) atoms. The highest BCUT2D eigenvalue weighted by Crippen LogP contribution is 2.38. The number of hydrogen-bond acceptors (Lipinski definition) is 2. The molecule has 1 aliphatic carbocycles. The summed E-state index contributed by atoms with van der Waals surface area (Å²) in [5.74, 6) is 0.653. The molecule has 1 heterocycles. The Bertz CT molecular complexity index is 521. The summed E-state index contributed by atoms with van der Waals surface area (Å²) in [5, 5.41) is 8.22. The molecule has 1 N–H and O–H groups in total. The van der Waals surface area contributed by atoms with Crippen molar-refractivity contribution in [2.75, 3.05) is 6.54 Å². The van der Waals surface area contributed by atoms with E-state index in [0.29, 0.717) is 18.0 Å². The Kier molecular flexibility index (Phi) is 4.71. The van der Waals surface area contributed by atoms with E-state index in [1.165, 1.54) is 31.2 Å². The number of aromatic nitrogens is 2. The van der Waals surface area contributed by atoms with Gasteiger partial charge >= 0.3 is 0 Å². The van der Waals surface area contributed by atoms with Crippen molar-refractivity contribution < 1.29 is 0 Å². The van der Waals surface area contributed by atoms with Crippen molar-refractivity contribution in [3.05, 3.63) is 54.4 Å². The SMILES string of the molecule is CCCNC1CCC(c2ccccc2)CC1n1cccn1. The topological polar surface area (TPSA) is 29.9 Å². The van der Waals surface area contributed by atoms with Crippen LogP contribution in [0.15, 0.2) is 48.8 Å². The van der Waals surface area contributed by atoms with Gasteiger partial charge < -0.3 is 5.32 Å². The second-order valence-electron chi connectivity index (χ2n) is 6.03. The van der Waals surface area contributed by atoms with Crippen LogP contribution >= 0.6 is 0 Å². The van der Waals surface area contributed by atoms with E-state index in [0.717, 1.165) is 6.54 Å². The largest absolute Gasteiger partial charge is 0.312 e. The lowest BCUT2D eigenvalue weighted by atomic mass is 9.78. The van der Waals surface area contributed by atoms with E-state index < -0.39 is 0 Å². The Labute approximate surface area is 127 Å². The Morgan fingerprint density at radius 2 is 2.05 bits per heavy atom. The van der Waals surface area contributed by atoms with Gasteiger partial charge in [0.2, 0.25) is 0 Å². The van der Waals surface area contributed by atoms with Gasteiger partial charge in [-0.2, -0.15) is 5.10 Å². The van der Waals surface area contributed by atoms with Crippen molar-refractivity contribution in [2.45, 2.75) is 50.6 Å². The van der Waals surface area contributed by atoms with E-state index in [1.807, 2.05) is 12.3 Å². The smallest absolute Gasteiger partial charge is 0.0677 e. The van der Waals surface area contributed by atoms with Crippen molar-refractivity contribution in [1.82, 2.24) is 15.1 Å². The molecular weight excluding hydrogens is 258 g/mol. The quantitative estimate of drug-likeness (QED) is 0.905. The van der Waals surface area contributed by atoms with Crippen LogP contribution in [0.4, 0.5) is 0 Å². The maximum Gasteiger partial charge on any atom is 0.0677 e. The Balaban J connectivity index is 1.76. The third-order valence-corrected chi connectivity index (χ3v) is 4.61. The zero-order valence-corrected chi connectivity index (χ0v) is 12.8. The number of nitrogens with one attached hydrogen (secondary N) is 1. The standard InChI is InChI=1S/C18H25N3/c1-2-11-19-17-10-9-16(15-7-4-3-5-8-15)14-18(17)21-13-6-12-20-21/h3-8,12-13,16-19H,2,9-11,14H2,1H3. The van der Waals surface area contributed by atoms with Crippen LogP contribution in [0.3, 0.4) is 0 Å². The van der Waals surface area contributed by atoms with Crippen LogP contribution in [-0.4, -0.2) is 22.4 Å². The van der Waals surface area contributed by atoms with E-state index >= 15 is 0 Å². The van der Waals surface area contributed by atoms with Gasteiger partial charge in [-0.1, -0.05) is 37.3 Å². The van der Waals surface area contributed by atoms with Crippen LogP contribution in [0.2, 0.25) is 0 Å². The fraction of sp³-hybridized carbons (Fsp3) is 0.500. The molecule has 2 aromatic rings. The Hall–Kier alpha value is -1.61. The lowest BCUT2D eigenvalue weighted by molar-refractivity contribution is 0.227. The molecule has 3 atom stereocenters. The van der Waals surface area contributed by atoms with Gasteiger partial charge in [0.15, 0.2) is 0 Å². The normalized spacial score (nSPS) is 25.9. The summed E-state index contributed by atoms with van der Waals surface area (Å²) in [6.07, 6.45) is 8.85. The molecule has 3 unspecified atom stereocenters. The molecule has 1 aromatic heterocycles. The molecule has 3 nitrogen and oxygen atoms in total. The van der Waals surface area contributed by atoms with E-state index in [4.69, 9.17) is 0 Å². The second-order valence-corrected chi connectivity index (χ2v) is 6.03. The highest BCUT2D eigenvalue weighted by Gasteiger charge is 2.32.